The van der Waals surface area contributed by atoms with Gasteiger partial charge in [-0.05, 0) is 60.7 Å². The van der Waals surface area contributed by atoms with E-state index < -0.39 is 5.92 Å². The second-order valence-corrected chi connectivity index (χ2v) is 11.9. The Labute approximate surface area is 270 Å². The fourth-order valence-electron chi connectivity index (χ4n) is 6.17. The first-order valence-corrected chi connectivity index (χ1v) is 16.3. The van der Waals surface area contributed by atoms with Gasteiger partial charge >= 0.3 is 5.97 Å². The van der Waals surface area contributed by atoms with Gasteiger partial charge in [-0.25, -0.2) is 8.78 Å². The Bertz CT molecular complexity index is 1540. The number of alkyl halides is 2. The molecule has 0 spiro atoms. The second-order valence-electron chi connectivity index (χ2n) is 11.9. The predicted octanol–water partition coefficient (Wildman–Crippen LogP) is 8.07. The van der Waals surface area contributed by atoms with Crippen LogP contribution in [0.15, 0.2) is 97.1 Å². The number of halogens is 2. The first kappa shape index (κ1) is 33.1. The van der Waals surface area contributed by atoms with Gasteiger partial charge in [-0.3, -0.25) is 14.5 Å². The maximum absolute atomic E-state index is 14.1. The lowest BCUT2D eigenvalue weighted by molar-refractivity contribution is -0.151. The highest BCUT2D eigenvalue weighted by atomic mass is 19.3. The number of amides is 1. The van der Waals surface area contributed by atoms with Crippen molar-refractivity contribution in [2.24, 2.45) is 5.92 Å². The molecule has 3 aromatic rings. The van der Waals surface area contributed by atoms with Crippen LogP contribution in [0.1, 0.15) is 55.5 Å². The van der Waals surface area contributed by atoms with Crippen molar-refractivity contribution in [1.82, 2.24) is 4.90 Å². The van der Waals surface area contributed by atoms with E-state index in [0.29, 0.717) is 29.0 Å². The fourth-order valence-corrected chi connectivity index (χ4v) is 6.17. The smallest absolute Gasteiger partial charge is 0.323 e. The summed E-state index contributed by atoms with van der Waals surface area (Å²) in [6.45, 7) is 7.08. The van der Waals surface area contributed by atoms with Crippen LogP contribution in [0, 0.1) is 5.92 Å². The third-order valence-electron chi connectivity index (χ3n) is 8.76. The Morgan fingerprint density at radius 3 is 2.39 bits per heavy atom. The van der Waals surface area contributed by atoms with E-state index in [2.05, 4.69) is 27.3 Å². The lowest BCUT2D eigenvalue weighted by Crippen LogP contribution is -2.48. The van der Waals surface area contributed by atoms with Gasteiger partial charge in [0.2, 0.25) is 0 Å². The first-order valence-electron chi connectivity index (χ1n) is 16.3. The average Bonchev–Trinajstić information content (AvgIpc) is 3.34. The van der Waals surface area contributed by atoms with Crippen molar-refractivity contribution < 1.29 is 23.1 Å². The monoisotopic (exact) mass is 627 g/mol. The molecule has 2 unspecified atom stereocenters. The topological polar surface area (TPSA) is 61.9 Å². The van der Waals surface area contributed by atoms with E-state index in [1.165, 1.54) is 19.1 Å². The molecule has 1 heterocycles. The molecule has 0 bridgehead atoms. The van der Waals surface area contributed by atoms with E-state index in [9.17, 15) is 18.4 Å². The highest BCUT2D eigenvalue weighted by Gasteiger charge is 2.35. The molecule has 5 rings (SSSR count). The molecule has 242 valence electrons. The van der Waals surface area contributed by atoms with Crippen molar-refractivity contribution in [1.29, 1.82) is 0 Å². The van der Waals surface area contributed by atoms with Gasteiger partial charge in [-0.1, -0.05) is 80.6 Å². The molecular weight excluding hydrogens is 584 g/mol. The molecule has 1 N–H and O–H groups in total. The van der Waals surface area contributed by atoms with E-state index in [-0.39, 0.29) is 35.8 Å². The third kappa shape index (κ3) is 7.91. The van der Waals surface area contributed by atoms with Crippen LogP contribution in [0.4, 0.5) is 20.2 Å². The maximum atomic E-state index is 14.1. The average molecular weight is 628 g/mol. The second kappa shape index (κ2) is 15.3. The van der Waals surface area contributed by atoms with Crippen molar-refractivity contribution in [3.63, 3.8) is 0 Å². The molecule has 1 fully saturated rings. The zero-order valence-corrected chi connectivity index (χ0v) is 26.6. The molecule has 0 radical (unpaired) electrons. The number of hydrogen-bond donors (Lipinski definition) is 1. The van der Waals surface area contributed by atoms with E-state index in [0.717, 1.165) is 51.1 Å². The van der Waals surface area contributed by atoms with E-state index in [1.807, 2.05) is 55.5 Å². The third-order valence-corrected chi connectivity index (χ3v) is 8.76. The Morgan fingerprint density at radius 2 is 1.70 bits per heavy atom. The van der Waals surface area contributed by atoms with Crippen molar-refractivity contribution in [2.45, 2.75) is 51.5 Å². The Morgan fingerprint density at radius 1 is 0.935 bits per heavy atom. The van der Waals surface area contributed by atoms with Gasteiger partial charge in [-0.15, -0.1) is 0 Å². The summed E-state index contributed by atoms with van der Waals surface area (Å²) in [7, 11) is 0. The molecule has 1 amide bonds. The molecule has 1 aliphatic carbocycles. The number of anilines is 2. The summed E-state index contributed by atoms with van der Waals surface area (Å²) >= 11 is 0. The lowest BCUT2D eigenvalue weighted by Gasteiger charge is -2.34. The number of hydrogen-bond acceptors (Lipinski definition) is 5. The van der Waals surface area contributed by atoms with Gasteiger partial charge in [-0.2, -0.15) is 0 Å². The van der Waals surface area contributed by atoms with Gasteiger partial charge in [0.05, 0.1) is 6.61 Å². The van der Waals surface area contributed by atoms with Gasteiger partial charge in [0, 0.05) is 61.0 Å². The summed E-state index contributed by atoms with van der Waals surface area (Å²) in [6.07, 6.45) is 10.5. The quantitative estimate of drug-likeness (QED) is 0.218. The molecule has 6 nitrogen and oxygen atoms in total. The Kier molecular flexibility index (Phi) is 11.0. The number of allylic oxidation sites excluding steroid dienone is 3. The number of nitrogens with zero attached hydrogens (tertiary/aromatic N) is 2. The normalized spacial score (nSPS) is 17.7. The highest BCUT2D eigenvalue weighted by Crippen LogP contribution is 2.33. The van der Waals surface area contributed by atoms with Gasteiger partial charge < -0.3 is 15.0 Å². The zero-order valence-electron chi connectivity index (χ0n) is 26.6. The molecule has 46 heavy (non-hydrogen) atoms. The molecule has 2 atom stereocenters. The number of ether oxygens (including phenoxy) is 1. The number of nitrogens with one attached hydrogen (secondary N) is 1. The SMILES string of the molecule is CCCOC(=O)C(C1C=CC=CC1)N1CCCN(c2ccc(NC(=O)c3ccccc3-c3ccc(C(F)(F)CC)cc3)cc2)CC1. The van der Waals surface area contributed by atoms with Crippen LogP contribution >= 0.6 is 0 Å². The van der Waals surface area contributed by atoms with Crippen LogP contribution in [-0.4, -0.2) is 55.6 Å². The summed E-state index contributed by atoms with van der Waals surface area (Å²) in [4.78, 5) is 31.1. The summed E-state index contributed by atoms with van der Waals surface area (Å²) in [6, 6.07) is 20.8. The minimum Gasteiger partial charge on any atom is -0.465 e. The van der Waals surface area contributed by atoms with Crippen LogP contribution in [0.5, 0.6) is 0 Å². The predicted molar refractivity (Wildman–Crippen MR) is 180 cm³/mol. The number of rotatable bonds is 11. The van der Waals surface area contributed by atoms with Crippen molar-refractivity contribution in [3.8, 4) is 11.1 Å². The molecule has 3 aromatic carbocycles. The van der Waals surface area contributed by atoms with Gasteiger partial charge in [0.25, 0.3) is 11.8 Å². The van der Waals surface area contributed by atoms with Crippen LogP contribution in [0.2, 0.25) is 0 Å². The van der Waals surface area contributed by atoms with E-state index in [4.69, 9.17) is 4.74 Å². The molecule has 0 saturated carbocycles. The highest BCUT2D eigenvalue weighted by molar-refractivity contribution is 6.08. The van der Waals surface area contributed by atoms with Gasteiger partial charge in [0.15, 0.2) is 0 Å². The lowest BCUT2D eigenvalue weighted by atomic mass is 9.91. The molecular formula is C38H43F2N3O3. The zero-order chi connectivity index (χ0) is 32.5. The van der Waals surface area contributed by atoms with Crippen molar-refractivity contribution >= 4 is 23.3 Å². The number of esters is 1. The molecule has 0 aromatic heterocycles. The summed E-state index contributed by atoms with van der Waals surface area (Å²) < 4.78 is 33.9. The van der Waals surface area contributed by atoms with E-state index in [1.54, 1.807) is 24.3 Å². The fraction of sp³-hybridized carbons (Fsp3) is 0.368. The van der Waals surface area contributed by atoms with Crippen LogP contribution < -0.4 is 10.2 Å². The largest absolute Gasteiger partial charge is 0.465 e. The molecule has 2 aliphatic rings. The molecule has 1 saturated heterocycles. The number of carbonyl (C=O) groups excluding carboxylic acids is 2. The maximum Gasteiger partial charge on any atom is 0.323 e. The number of benzene rings is 3. The number of carbonyl (C=O) groups is 2. The summed E-state index contributed by atoms with van der Waals surface area (Å²) in [5, 5.41) is 2.99. The summed E-state index contributed by atoms with van der Waals surface area (Å²) in [5.74, 6) is -3.20. The van der Waals surface area contributed by atoms with E-state index >= 15 is 0 Å². The van der Waals surface area contributed by atoms with Crippen LogP contribution in [0.3, 0.4) is 0 Å². The summed E-state index contributed by atoms with van der Waals surface area (Å²) in [5.41, 5.74) is 3.51. The van der Waals surface area contributed by atoms with Gasteiger partial charge in [0.1, 0.15) is 6.04 Å². The minimum atomic E-state index is -2.89. The van der Waals surface area contributed by atoms with Crippen LogP contribution in [0.25, 0.3) is 11.1 Å². The van der Waals surface area contributed by atoms with Crippen molar-refractivity contribution in [2.75, 3.05) is 43.0 Å². The molecule has 1 aliphatic heterocycles. The van der Waals surface area contributed by atoms with Crippen LogP contribution in [-0.2, 0) is 15.5 Å². The standard InChI is InChI=1S/C38H43F2N3O3/c1-3-27-46-37(45)35(29-11-6-5-7-12-29)43-24-10-23-42(25-26-43)32-21-19-31(20-22-32)41-36(44)34-14-9-8-13-33(34)28-15-17-30(18-16-28)38(39,40)4-2/h5-9,11,13-22,29,35H,3-4,10,12,23-27H2,1-2H3,(H,41,44). The van der Waals surface area contributed by atoms with Crippen molar-refractivity contribution in [3.05, 3.63) is 108 Å². The Hall–Kier alpha value is -4.30. The minimum absolute atomic E-state index is 0.0361. The molecule has 8 heteroatoms. The Balaban J connectivity index is 1.24. The first-order chi connectivity index (χ1) is 22.3.